The first-order chi connectivity index (χ1) is 14.7. The second-order valence-corrected chi connectivity index (χ2v) is 9.52. The highest BCUT2D eigenvalue weighted by molar-refractivity contribution is 7.88. The number of nitrogens with zero attached hydrogens (tertiary/aromatic N) is 2. The molecule has 1 aliphatic rings. The number of aryl methyl sites for hydroxylation is 1. The average molecular weight is 446 g/mol. The van der Waals surface area contributed by atoms with Crippen LogP contribution in [0.3, 0.4) is 0 Å². The molecule has 0 spiro atoms. The summed E-state index contributed by atoms with van der Waals surface area (Å²) < 4.78 is 29.8. The molecule has 0 radical (unpaired) electrons. The molecule has 1 aliphatic heterocycles. The first-order valence-corrected chi connectivity index (χ1v) is 11.8. The lowest BCUT2D eigenvalue weighted by atomic mass is 10.1. The topological polar surface area (TPSA) is 96.0 Å². The predicted octanol–water partition coefficient (Wildman–Crippen LogP) is 2.31. The molecular formula is C22H27N3O5S. The number of ether oxygens (including phenoxy) is 1. The largest absolute Gasteiger partial charge is 0.452 e. The van der Waals surface area contributed by atoms with Gasteiger partial charge in [-0.15, -0.1) is 0 Å². The van der Waals surface area contributed by atoms with Crippen LogP contribution >= 0.6 is 0 Å². The maximum absolute atomic E-state index is 12.7. The maximum atomic E-state index is 12.7. The van der Waals surface area contributed by atoms with Crippen molar-refractivity contribution in [2.24, 2.45) is 0 Å². The van der Waals surface area contributed by atoms with E-state index in [-0.39, 0.29) is 32.1 Å². The van der Waals surface area contributed by atoms with Gasteiger partial charge in [0.05, 0.1) is 17.5 Å². The molecule has 0 saturated carbocycles. The highest BCUT2D eigenvalue weighted by Crippen LogP contribution is 2.25. The summed E-state index contributed by atoms with van der Waals surface area (Å²) in [5.41, 5.74) is 4.02. The fourth-order valence-electron chi connectivity index (χ4n) is 3.37. The third kappa shape index (κ3) is 5.62. The number of para-hydroxylation sites is 1. The summed E-state index contributed by atoms with van der Waals surface area (Å²) in [5, 5.41) is 3.27. The summed E-state index contributed by atoms with van der Waals surface area (Å²) >= 11 is 0. The van der Waals surface area contributed by atoms with Crippen LogP contribution in [0.15, 0.2) is 42.5 Å². The number of esters is 1. The molecule has 166 valence electrons. The highest BCUT2D eigenvalue weighted by Gasteiger charge is 2.26. The Balaban J connectivity index is 1.61. The zero-order valence-corrected chi connectivity index (χ0v) is 18.7. The van der Waals surface area contributed by atoms with E-state index in [2.05, 4.69) is 5.32 Å². The predicted molar refractivity (Wildman–Crippen MR) is 119 cm³/mol. The van der Waals surface area contributed by atoms with Crippen molar-refractivity contribution in [2.45, 2.75) is 13.8 Å². The number of benzene rings is 2. The fraction of sp³-hybridized carbons (Fsp3) is 0.364. The summed E-state index contributed by atoms with van der Waals surface area (Å²) in [5.74, 6) is -0.946. The van der Waals surface area contributed by atoms with Crippen molar-refractivity contribution < 1.29 is 22.7 Å². The van der Waals surface area contributed by atoms with Gasteiger partial charge in [0.1, 0.15) is 0 Å². The second kappa shape index (κ2) is 9.49. The molecule has 31 heavy (non-hydrogen) atoms. The van der Waals surface area contributed by atoms with Gasteiger partial charge < -0.3 is 15.0 Å². The van der Waals surface area contributed by atoms with Crippen LogP contribution in [-0.2, 0) is 19.6 Å². The molecule has 3 rings (SSSR count). The van der Waals surface area contributed by atoms with Crippen LogP contribution in [-0.4, -0.2) is 68.5 Å². The molecule has 0 aromatic heterocycles. The Kier molecular flexibility index (Phi) is 6.97. The van der Waals surface area contributed by atoms with Crippen molar-refractivity contribution in [1.82, 2.24) is 9.21 Å². The van der Waals surface area contributed by atoms with Crippen LogP contribution in [0.4, 0.5) is 11.4 Å². The second-order valence-electron chi connectivity index (χ2n) is 7.54. The van der Waals surface area contributed by atoms with Crippen molar-refractivity contribution in [1.29, 1.82) is 0 Å². The molecule has 9 heteroatoms. The Morgan fingerprint density at radius 1 is 0.968 bits per heavy atom. The van der Waals surface area contributed by atoms with Gasteiger partial charge in [0, 0.05) is 31.9 Å². The van der Waals surface area contributed by atoms with Gasteiger partial charge in [-0.1, -0.05) is 24.3 Å². The van der Waals surface area contributed by atoms with E-state index in [1.54, 1.807) is 18.2 Å². The van der Waals surface area contributed by atoms with Crippen LogP contribution in [0.1, 0.15) is 21.5 Å². The number of hydrogen-bond acceptors (Lipinski definition) is 6. The van der Waals surface area contributed by atoms with E-state index in [4.69, 9.17) is 4.74 Å². The van der Waals surface area contributed by atoms with Crippen molar-refractivity contribution in [3.63, 3.8) is 0 Å². The van der Waals surface area contributed by atoms with Crippen LogP contribution in [0, 0.1) is 13.8 Å². The van der Waals surface area contributed by atoms with Gasteiger partial charge in [-0.25, -0.2) is 13.2 Å². The molecule has 1 N–H and O–H groups in total. The molecule has 1 heterocycles. The van der Waals surface area contributed by atoms with E-state index >= 15 is 0 Å². The summed E-state index contributed by atoms with van der Waals surface area (Å²) in [6.07, 6.45) is 1.15. The number of carbonyl (C=O) groups excluding carboxylic acids is 2. The molecule has 0 aliphatic carbocycles. The highest BCUT2D eigenvalue weighted by atomic mass is 32.2. The van der Waals surface area contributed by atoms with Gasteiger partial charge in [0.25, 0.3) is 5.91 Å². The molecule has 0 unspecified atom stereocenters. The van der Waals surface area contributed by atoms with Crippen LogP contribution in [0.25, 0.3) is 0 Å². The first-order valence-electron chi connectivity index (χ1n) is 9.99. The molecule has 1 fully saturated rings. The Morgan fingerprint density at radius 3 is 2.29 bits per heavy atom. The lowest BCUT2D eigenvalue weighted by molar-refractivity contribution is -0.135. The Labute approximate surface area is 182 Å². The lowest BCUT2D eigenvalue weighted by Crippen LogP contribution is -2.51. The van der Waals surface area contributed by atoms with Crippen LogP contribution in [0.5, 0.6) is 0 Å². The number of rotatable bonds is 6. The molecule has 0 bridgehead atoms. The van der Waals surface area contributed by atoms with Crippen LogP contribution in [0.2, 0.25) is 0 Å². The van der Waals surface area contributed by atoms with E-state index in [0.29, 0.717) is 11.3 Å². The SMILES string of the molecule is Cc1cccc(Nc2ccccc2C(=O)OCC(=O)N2CCN(S(C)(=O)=O)CC2)c1C. The molecule has 0 atom stereocenters. The van der Waals surface area contributed by atoms with Gasteiger partial charge in [-0.3, -0.25) is 4.79 Å². The minimum Gasteiger partial charge on any atom is -0.452 e. The molecule has 1 amide bonds. The van der Waals surface area contributed by atoms with Crippen LogP contribution < -0.4 is 5.32 Å². The zero-order chi connectivity index (χ0) is 22.6. The summed E-state index contributed by atoms with van der Waals surface area (Å²) in [6, 6.07) is 12.9. The van der Waals surface area contributed by atoms with Crippen molar-refractivity contribution in [3.8, 4) is 0 Å². The Hall–Kier alpha value is -2.91. The van der Waals surface area contributed by atoms with Gasteiger partial charge in [0.15, 0.2) is 6.61 Å². The smallest absolute Gasteiger partial charge is 0.340 e. The van der Waals surface area contributed by atoms with Crippen molar-refractivity contribution in [2.75, 3.05) is 44.4 Å². The third-order valence-corrected chi connectivity index (χ3v) is 6.71. The molecular weight excluding hydrogens is 418 g/mol. The van der Waals surface area contributed by atoms with E-state index < -0.39 is 22.6 Å². The van der Waals surface area contributed by atoms with E-state index in [9.17, 15) is 18.0 Å². The van der Waals surface area contributed by atoms with Gasteiger partial charge in [-0.05, 0) is 43.2 Å². The summed E-state index contributed by atoms with van der Waals surface area (Å²) in [4.78, 5) is 26.6. The maximum Gasteiger partial charge on any atom is 0.340 e. The van der Waals surface area contributed by atoms with E-state index in [1.807, 2.05) is 38.1 Å². The molecule has 1 saturated heterocycles. The van der Waals surface area contributed by atoms with E-state index in [0.717, 1.165) is 23.1 Å². The van der Waals surface area contributed by atoms with Crippen molar-refractivity contribution in [3.05, 3.63) is 59.2 Å². The number of amides is 1. The number of hydrogen-bond donors (Lipinski definition) is 1. The van der Waals surface area contributed by atoms with Gasteiger partial charge >= 0.3 is 5.97 Å². The minimum absolute atomic E-state index is 0.237. The molecule has 8 nitrogen and oxygen atoms in total. The number of carbonyl (C=O) groups is 2. The lowest BCUT2D eigenvalue weighted by Gasteiger charge is -2.33. The summed E-state index contributed by atoms with van der Waals surface area (Å²) in [6.45, 7) is 4.64. The monoisotopic (exact) mass is 445 g/mol. The number of piperazine rings is 1. The van der Waals surface area contributed by atoms with Crippen molar-refractivity contribution >= 4 is 33.3 Å². The fourth-order valence-corrected chi connectivity index (χ4v) is 4.19. The van der Waals surface area contributed by atoms with Gasteiger partial charge in [0.2, 0.25) is 10.0 Å². The standard InChI is InChI=1S/C22H27N3O5S/c1-16-7-6-10-19(17(16)2)23-20-9-5-4-8-18(20)22(27)30-15-21(26)24-11-13-25(14-12-24)31(3,28)29/h4-10,23H,11-15H2,1-3H3. The molecule has 2 aromatic rings. The minimum atomic E-state index is -3.27. The number of anilines is 2. The Bertz CT molecular complexity index is 1080. The number of nitrogens with one attached hydrogen (secondary N) is 1. The normalized spacial score (nSPS) is 14.9. The molecule has 2 aromatic carbocycles. The third-order valence-electron chi connectivity index (χ3n) is 5.41. The quantitative estimate of drug-likeness (QED) is 0.686. The zero-order valence-electron chi connectivity index (χ0n) is 17.9. The average Bonchev–Trinajstić information content (AvgIpc) is 2.75. The summed E-state index contributed by atoms with van der Waals surface area (Å²) in [7, 11) is -3.27. The van der Waals surface area contributed by atoms with Gasteiger partial charge in [-0.2, -0.15) is 4.31 Å². The first kappa shape index (κ1) is 22.8. The number of sulfonamides is 1. The Morgan fingerprint density at radius 2 is 1.61 bits per heavy atom. The van der Waals surface area contributed by atoms with E-state index in [1.165, 1.54) is 9.21 Å².